The second kappa shape index (κ2) is 15.7. The zero-order valence-electron chi connectivity index (χ0n) is 26.8. The Balaban J connectivity index is 1.83. The van der Waals surface area contributed by atoms with E-state index in [0.29, 0.717) is 24.1 Å². The molecule has 0 bridgehead atoms. The molecule has 0 saturated carbocycles. The van der Waals surface area contributed by atoms with Crippen molar-refractivity contribution in [2.45, 2.75) is 70.5 Å². The largest absolute Gasteiger partial charge is 0.352 e. The second-order valence-corrected chi connectivity index (χ2v) is 13.3. The smallest absolute Gasteiger partial charge is 0.264 e. The average Bonchev–Trinajstić information content (AvgIpc) is 3.06. The number of hydrogen-bond donors (Lipinski definition) is 1. The van der Waals surface area contributed by atoms with Gasteiger partial charge in [-0.15, -0.1) is 0 Å². The van der Waals surface area contributed by atoms with Crippen molar-refractivity contribution < 1.29 is 22.4 Å². The van der Waals surface area contributed by atoms with Gasteiger partial charge in [-0.1, -0.05) is 92.2 Å². The number of halogens is 1. The van der Waals surface area contributed by atoms with Crippen molar-refractivity contribution in [1.29, 1.82) is 0 Å². The normalized spacial score (nSPS) is 12.6. The minimum Gasteiger partial charge on any atom is -0.352 e. The van der Waals surface area contributed by atoms with Gasteiger partial charge in [0.1, 0.15) is 18.4 Å². The van der Waals surface area contributed by atoms with Crippen molar-refractivity contribution in [1.82, 2.24) is 10.2 Å². The van der Waals surface area contributed by atoms with Gasteiger partial charge in [0.15, 0.2) is 0 Å². The molecule has 0 radical (unpaired) electrons. The molecule has 2 unspecified atom stereocenters. The van der Waals surface area contributed by atoms with Crippen LogP contribution in [0, 0.1) is 12.7 Å². The molecule has 4 rings (SSSR count). The van der Waals surface area contributed by atoms with Crippen molar-refractivity contribution >= 4 is 27.5 Å². The summed E-state index contributed by atoms with van der Waals surface area (Å²) in [6, 6.07) is 27.6. The monoisotopic (exact) mass is 643 g/mol. The summed E-state index contributed by atoms with van der Waals surface area (Å²) in [7, 11) is -4.20. The highest BCUT2D eigenvalue weighted by atomic mass is 32.2. The molecule has 0 aromatic heterocycles. The van der Waals surface area contributed by atoms with E-state index in [1.807, 2.05) is 70.2 Å². The molecule has 0 aliphatic heterocycles. The van der Waals surface area contributed by atoms with E-state index in [4.69, 9.17) is 0 Å². The maximum atomic E-state index is 14.6. The quantitative estimate of drug-likeness (QED) is 0.171. The van der Waals surface area contributed by atoms with Crippen LogP contribution < -0.4 is 9.62 Å². The van der Waals surface area contributed by atoms with Gasteiger partial charge in [0.2, 0.25) is 11.8 Å². The van der Waals surface area contributed by atoms with Crippen LogP contribution in [0.25, 0.3) is 0 Å². The van der Waals surface area contributed by atoms with Crippen molar-refractivity contribution in [2.75, 3.05) is 10.8 Å². The molecule has 7 nitrogen and oxygen atoms in total. The number of carbonyl (C=O) groups is 2. The van der Waals surface area contributed by atoms with Crippen LogP contribution in [0.4, 0.5) is 10.1 Å². The van der Waals surface area contributed by atoms with Crippen molar-refractivity contribution in [3.63, 3.8) is 0 Å². The van der Waals surface area contributed by atoms with Crippen LogP contribution in [0.5, 0.6) is 0 Å². The Morgan fingerprint density at radius 3 is 2.09 bits per heavy atom. The number of sulfonamides is 1. The molecule has 0 saturated heterocycles. The number of nitrogens with zero attached hydrogens (tertiary/aromatic N) is 2. The van der Waals surface area contributed by atoms with E-state index < -0.39 is 34.3 Å². The minimum absolute atomic E-state index is 0.0294. The van der Waals surface area contributed by atoms with Crippen LogP contribution >= 0.6 is 0 Å². The summed E-state index contributed by atoms with van der Waals surface area (Å²) in [6.07, 6.45) is 1.43. The number of amides is 2. The van der Waals surface area contributed by atoms with Crippen molar-refractivity contribution in [2.24, 2.45) is 0 Å². The van der Waals surface area contributed by atoms with Gasteiger partial charge < -0.3 is 10.2 Å². The standard InChI is InChI=1S/C37H42FN3O4S/c1-5-28(4)39-37(43)35(24-29-12-8-7-9-13-29)40(25-30-18-20-32(38)21-19-30)36(42)26-41(34-15-11-10-14-31(34)6-2)46(44,45)33-22-16-27(3)17-23-33/h7-23,28,35H,5-6,24-26H2,1-4H3,(H,39,43). The molecule has 0 aliphatic carbocycles. The molecule has 9 heteroatoms. The molecular formula is C37H42FN3O4S. The summed E-state index contributed by atoms with van der Waals surface area (Å²) in [5.41, 5.74) is 3.49. The topological polar surface area (TPSA) is 86.8 Å². The van der Waals surface area contributed by atoms with Gasteiger partial charge in [-0.2, -0.15) is 0 Å². The molecule has 2 amide bonds. The van der Waals surface area contributed by atoms with Crippen LogP contribution in [-0.2, 0) is 39.0 Å². The van der Waals surface area contributed by atoms with Crippen LogP contribution in [0.15, 0.2) is 108 Å². The van der Waals surface area contributed by atoms with Gasteiger partial charge >= 0.3 is 0 Å². The fourth-order valence-corrected chi connectivity index (χ4v) is 6.64. The van der Waals surface area contributed by atoms with E-state index >= 15 is 0 Å². The highest BCUT2D eigenvalue weighted by Crippen LogP contribution is 2.29. The molecule has 0 aliphatic rings. The third kappa shape index (κ3) is 8.60. The lowest BCUT2D eigenvalue weighted by atomic mass is 10.0. The van der Waals surface area contributed by atoms with Gasteiger partial charge in [-0.25, -0.2) is 12.8 Å². The van der Waals surface area contributed by atoms with Crippen molar-refractivity contribution in [3.8, 4) is 0 Å². The summed E-state index contributed by atoms with van der Waals surface area (Å²) < 4.78 is 43.6. The number of hydrogen-bond acceptors (Lipinski definition) is 4. The zero-order valence-corrected chi connectivity index (χ0v) is 27.6. The molecule has 2 atom stereocenters. The third-order valence-corrected chi connectivity index (χ3v) is 9.84. The Hall–Kier alpha value is -4.50. The summed E-state index contributed by atoms with van der Waals surface area (Å²) in [6.45, 7) is 7.06. The van der Waals surface area contributed by atoms with Gasteiger partial charge in [0.25, 0.3) is 10.0 Å². The maximum absolute atomic E-state index is 14.6. The third-order valence-electron chi connectivity index (χ3n) is 8.07. The van der Waals surface area contributed by atoms with E-state index in [-0.39, 0.29) is 29.8 Å². The zero-order chi connectivity index (χ0) is 33.3. The first-order chi connectivity index (χ1) is 22.0. The first-order valence-electron chi connectivity index (χ1n) is 15.6. The number of anilines is 1. The van der Waals surface area contributed by atoms with E-state index in [0.717, 1.165) is 21.0 Å². The lowest BCUT2D eigenvalue weighted by Crippen LogP contribution is -2.54. The van der Waals surface area contributed by atoms with Gasteiger partial charge in [0, 0.05) is 19.0 Å². The highest BCUT2D eigenvalue weighted by Gasteiger charge is 2.35. The van der Waals surface area contributed by atoms with Gasteiger partial charge in [-0.05, 0) is 73.7 Å². The predicted octanol–water partition coefficient (Wildman–Crippen LogP) is 6.45. The Morgan fingerprint density at radius 2 is 1.46 bits per heavy atom. The number of para-hydroxylation sites is 1. The first-order valence-corrected chi connectivity index (χ1v) is 17.0. The maximum Gasteiger partial charge on any atom is 0.264 e. The molecule has 4 aromatic carbocycles. The lowest BCUT2D eigenvalue weighted by Gasteiger charge is -2.34. The Kier molecular flexibility index (Phi) is 11.7. The summed E-state index contributed by atoms with van der Waals surface area (Å²) in [4.78, 5) is 30.0. The highest BCUT2D eigenvalue weighted by molar-refractivity contribution is 7.92. The number of benzene rings is 4. The molecular weight excluding hydrogens is 601 g/mol. The fraction of sp³-hybridized carbons (Fsp3) is 0.297. The van der Waals surface area contributed by atoms with Gasteiger partial charge in [-0.3, -0.25) is 13.9 Å². The summed E-state index contributed by atoms with van der Waals surface area (Å²) in [5, 5.41) is 3.02. The number of nitrogens with one attached hydrogen (secondary N) is 1. The van der Waals surface area contributed by atoms with Crippen molar-refractivity contribution in [3.05, 3.63) is 131 Å². The Bertz CT molecular complexity index is 1710. The van der Waals surface area contributed by atoms with E-state index in [1.165, 1.54) is 29.2 Å². The van der Waals surface area contributed by atoms with Crippen LogP contribution in [0.1, 0.15) is 49.4 Å². The molecule has 4 aromatic rings. The Morgan fingerprint density at radius 1 is 0.826 bits per heavy atom. The molecule has 242 valence electrons. The Labute approximate surface area is 272 Å². The van der Waals surface area contributed by atoms with Crippen LogP contribution in [0.3, 0.4) is 0 Å². The van der Waals surface area contributed by atoms with Crippen LogP contribution in [-0.4, -0.2) is 43.8 Å². The van der Waals surface area contributed by atoms with Crippen LogP contribution in [0.2, 0.25) is 0 Å². The fourth-order valence-electron chi connectivity index (χ4n) is 5.19. The lowest BCUT2D eigenvalue weighted by molar-refractivity contribution is -0.140. The first kappa shape index (κ1) is 34.4. The van der Waals surface area contributed by atoms with E-state index in [2.05, 4.69) is 5.32 Å². The second-order valence-electron chi connectivity index (χ2n) is 11.5. The molecule has 1 N–H and O–H groups in total. The molecule has 0 spiro atoms. The molecule has 46 heavy (non-hydrogen) atoms. The molecule has 0 fully saturated rings. The number of rotatable bonds is 14. The average molecular weight is 644 g/mol. The number of carbonyl (C=O) groups excluding carboxylic acids is 2. The predicted molar refractivity (Wildman–Crippen MR) is 180 cm³/mol. The molecule has 0 heterocycles. The van der Waals surface area contributed by atoms with E-state index in [1.54, 1.807) is 36.4 Å². The van der Waals surface area contributed by atoms with Gasteiger partial charge in [0.05, 0.1) is 10.6 Å². The SMILES string of the molecule is CCc1ccccc1N(CC(=O)N(Cc1ccc(F)cc1)C(Cc1ccccc1)C(=O)NC(C)CC)S(=O)(=O)c1ccc(C)cc1. The number of aryl methyl sites for hydroxylation is 2. The van der Waals surface area contributed by atoms with E-state index in [9.17, 15) is 22.4 Å². The summed E-state index contributed by atoms with van der Waals surface area (Å²) >= 11 is 0. The minimum atomic E-state index is -4.20. The summed E-state index contributed by atoms with van der Waals surface area (Å²) in [5.74, 6) is -1.34.